The third-order valence-corrected chi connectivity index (χ3v) is 19.0. The molecule has 13 aromatic carbocycles. The van der Waals surface area contributed by atoms with Crippen molar-refractivity contribution < 1.29 is 8.83 Å². The Morgan fingerprint density at radius 2 is 0.510 bits per heavy atom. The van der Waals surface area contributed by atoms with Crippen molar-refractivity contribution in [1.29, 1.82) is 0 Å². The smallest absolute Gasteiger partial charge is 0.164 e. The zero-order valence-electron chi connectivity index (χ0n) is 53.7. The SMILES string of the molecule is c1ccc(-c2ccc(-c3nc(-c4ccc(-c5ccc(-c6ccc7nc8c(oc9ccccc98)c(-c8cccc(-c9nc(-c%10ccccc%10)cc(-c%10cccc(-c%11ccccc%11)c%10)n9)c8)c7c6)cc5)cc4)nc(-c4cccc(-c5c6ccccc6nc6c5oc5ccccc56)c4)n3)cc2)cc1. The molecule has 0 aliphatic heterocycles. The molecule has 0 unspecified atom stereocenters. The highest BCUT2D eigenvalue weighted by Crippen LogP contribution is 2.44. The molecule has 9 nitrogen and oxygen atoms in total. The van der Waals surface area contributed by atoms with Gasteiger partial charge in [0, 0.05) is 66.1 Å². The first-order chi connectivity index (χ1) is 49.5. The number of para-hydroxylation sites is 3. The summed E-state index contributed by atoms with van der Waals surface area (Å²) in [6, 6.07) is 115. The van der Waals surface area contributed by atoms with Crippen LogP contribution < -0.4 is 0 Å². The van der Waals surface area contributed by atoms with Crippen molar-refractivity contribution in [3.05, 3.63) is 334 Å². The lowest BCUT2D eigenvalue weighted by molar-refractivity contribution is 0.669. The van der Waals surface area contributed by atoms with E-state index in [1.165, 1.54) is 0 Å². The molecule has 6 aromatic heterocycles. The molecule has 0 radical (unpaired) electrons. The molecular formula is C91H55N7O2. The second-order valence-corrected chi connectivity index (χ2v) is 25.1. The number of hydrogen-bond donors (Lipinski definition) is 0. The van der Waals surface area contributed by atoms with Crippen LogP contribution in [0, 0.1) is 0 Å². The Hall–Kier alpha value is -13.6. The molecule has 0 saturated heterocycles. The first kappa shape index (κ1) is 57.8. The standard InChI is InChI=1S/C91H55N7O2/c1-4-19-56(20-5-1)58-41-45-63(46-42-58)88-96-89(98-91(97-88)71-30-17-27-68(52-71)82-72-31-10-13-34-76(72)92-84-73-32-11-14-35-80(73)99-86(82)84)64-47-43-60(44-48-64)59-37-39-61(40-38-59)66-49-50-77-75(54-66)83(87-85(93-77)74-33-12-15-36-81(74)100-87)69-28-18-29-70(53-69)90-94-78(62-23-8-3-9-24-62)55-79(95-90)67-26-16-25-65(51-67)57-21-6-2-7-22-57/h1-55H. The van der Waals surface area contributed by atoms with Crippen molar-refractivity contribution in [2.24, 2.45) is 0 Å². The van der Waals surface area contributed by atoms with E-state index < -0.39 is 0 Å². The molecule has 0 atom stereocenters. The maximum absolute atomic E-state index is 6.85. The van der Waals surface area contributed by atoms with Gasteiger partial charge in [-0.3, -0.25) is 0 Å². The Morgan fingerprint density at radius 3 is 1.05 bits per heavy atom. The first-order valence-corrected chi connectivity index (χ1v) is 33.4. The van der Waals surface area contributed by atoms with E-state index in [4.69, 9.17) is 43.7 Å². The van der Waals surface area contributed by atoms with Crippen molar-refractivity contribution in [2.45, 2.75) is 0 Å². The van der Waals surface area contributed by atoms with Crippen LogP contribution in [0.4, 0.5) is 0 Å². The van der Waals surface area contributed by atoms with E-state index in [0.717, 1.165) is 177 Å². The molecule has 0 bridgehead atoms. The molecule has 0 spiro atoms. The molecule has 0 saturated carbocycles. The summed E-state index contributed by atoms with van der Waals surface area (Å²) in [5, 5.41) is 3.89. The highest BCUT2D eigenvalue weighted by atomic mass is 16.3. The molecule has 0 aliphatic rings. The molecule has 19 rings (SSSR count). The lowest BCUT2D eigenvalue weighted by atomic mass is 9.94. The topological polar surface area (TPSA) is 117 Å². The molecule has 466 valence electrons. The number of aromatic nitrogens is 7. The van der Waals surface area contributed by atoms with Gasteiger partial charge >= 0.3 is 0 Å². The number of fused-ring (bicyclic) bond motifs is 8. The summed E-state index contributed by atoms with van der Waals surface area (Å²) in [4.78, 5) is 36.8. The predicted octanol–water partition coefficient (Wildman–Crippen LogP) is 23.6. The van der Waals surface area contributed by atoms with E-state index in [-0.39, 0.29) is 0 Å². The Morgan fingerprint density at radius 1 is 0.180 bits per heavy atom. The molecule has 100 heavy (non-hydrogen) atoms. The highest BCUT2D eigenvalue weighted by Gasteiger charge is 2.23. The lowest BCUT2D eigenvalue weighted by Gasteiger charge is -2.13. The van der Waals surface area contributed by atoms with Gasteiger partial charge in [-0.15, -0.1) is 0 Å². The van der Waals surface area contributed by atoms with Crippen LogP contribution in [0.3, 0.4) is 0 Å². The van der Waals surface area contributed by atoms with Gasteiger partial charge in [-0.2, -0.15) is 0 Å². The average Bonchev–Trinajstić information content (AvgIpc) is 1.56. The zero-order chi connectivity index (χ0) is 66.0. The predicted molar refractivity (Wildman–Crippen MR) is 406 cm³/mol. The van der Waals surface area contributed by atoms with Crippen molar-refractivity contribution in [1.82, 2.24) is 34.9 Å². The van der Waals surface area contributed by atoms with Gasteiger partial charge in [0.1, 0.15) is 22.2 Å². The minimum Gasteiger partial charge on any atom is -0.454 e. The number of furan rings is 2. The van der Waals surface area contributed by atoms with Crippen molar-refractivity contribution in [3.8, 4) is 135 Å². The van der Waals surface area contributed by atoms with E-state index in [2.05, 4.69) is 255 Å². The van der Waals surface area contributed by atoms with E-state index in [9.17, 15) is 0 Å². The zero-order valence-corrected chi connectivity index (χ0v) is 53.7. The van der Waals surface area contributed by atoms with Crippen LogP contribution in [0.15, 0.2) is 342 Å². The molecule has 6 heterocycles. The highest BCUT2D eigenvalue weighted by molar-refractivity contribution is 6.17. The van der Waals surface area contributed by atoms with Gasteiger partial charge in [-0.05, 0) is 122 Å². The Labute approximate surface area is 574 Å². The van der Waals surface area contributed by atoms with Crippen LogP contribution in [0.25, 0.3) is 201 Å². The molecular weight excluding hydrogens is 1220 g/mol. The van der Waals surface area contributed by atoms with Crippen LogP contribution in [0.5, 0.6) is 0 Å². The van der Waals surface area contributed by atoms with E-state index >= 15 is 0 Å². The maximum Gasteiger partial charge on any atom is 0.164 e. The van der Waals surface area contributed by atoms with Gasteiger partial charge < -0.3 is 8.83 Å². The van der Waals surface area contributed by atoms with Gasteiger partial charge in [0.05, 0.1) is 22.4 Å². The van der Waals surface area contributed by atoms with Crippen molar-refractivity contribution >= 4 is 65.9 Å². The van der Waals surface area contributed by atoms with Crippen LogP contribution in [-0.2, 0) is 0 Å². The molecule has 0 aliphatic carbocycles. The van der Waals surface area contributed by atoms with Crippen LogP contribution in [0.2, 0.25) is 0 Å². The third kappa shape index (κ3) is 10.5. The average molecular weight is 1280 g/mol. The van der Waals surface area contributed by atoms with E-state index in [0.29, 0.717) is 23.3 Å². The Bertz CT molecular complexity index is 6370. The summed E-state index contributed by atoms with van der Waals surface area (Å²) in [5.74, 6) is 2.30. The second-order valence-electron chi connectivity index (χ2n) is 25.1. The molecule has 19 aromatic rings. The minimum atomic E-state index is 0.551. The quantitative estimate of drug-likeness (QED) is 0.118. The summed E-state index contributed by atoms with van der Waals surface area (Å²) in [7, 11) is 0. The molecule has 0 N–H and O–H groups in total. The fraction of sp³-hybridized carbons (Fsp3) is 0. The molecule has 0 amide bonds. The normalized spacial score (nSPS) is 11.6. The first-order valence-electron chi connectivity index (χ1n) is 33.4. The Balaban J connectivity index is 0.671. The number of rotatable bonds is 12. The van der Waals surface area contributed by atoms with Gasteiger partial charge in [-0.25, -0.2) is 34.9 Å². The largest absolute Gasteiger partial charge is 0.454 e. The summed E-state index contributed by atoms with van der Waals surface area (Å²) in [6.45, 7) is 0. The summed E-state index contributed by atoms with van der Waals surface area (Å²) < 4.78 is 13.5. The number of pyridine rings is 2. The third-order valence-electron chi connectivity index (χ3n) is 19.0. The monoisotopic (exact) mass is 1280 g/mol. The molecule has 0 fully saturated rings. The van der Waals surface area contributed by atoms with Gasteiger partial charge in [-0.1, -0.05) is 267 Å². The van der Waals surface area contributed by atoms with E-state index in [1.807, 2.05) is 78.9 Å². The summed E-state index contributed by atoms with van der Waals surface area (Å²) in [5.41, 5.74) is 26.1. The van der Waals surface area contributed by atoms with Gasteiger partial charge in [0.25, 0.3) is 0 Å². The number of nitrogens with zero attached hydrogens (tertiary/aromatic N) is 7. The minimum absolute atomic E-state index is 0.551. The van der Waals surface area contributed by atoms with Gasteiger partial charge in [0.2, 0.25) is 0 Å². The summed E-state index contributed by atoms with van der Waals surface area (Å²) >= 11 is 0. The van der Waals surface area contributed by atoms with E-state index in [1.54, 1.807) is 0 Å². The lowest BCUT2D eigenvalue weighted by Crippen LogP contribution is -2.00. The van der Waals surface area contributed by atoms with Crippen molar-refractivity contribution in [3.63, 3.8) is 0 Å². The Kier molecular flexibility index (Phi) is 14.0. The summed E-state index contributed by atoms with van der Waals surface area (Å²) in [6.07, 6.45) is 0. The maximum atomic E-state index is 6.85. The van der Waals surface area contributed by atoms with Gasteiger partial charge in [0.15, 0.2) is 34.5 Å². The van der Waals surface area contributed by atoms with Crippen molar-refractivity contribution in [2.75, 3.05) is 0 Å². The van der Waals surface area contributed by atoms with Crippen LogP contribution >= 0.6 is 0 Å². The van der Waals surface area contributed by atoms with Crippen LogP contribution in [-0.4, -0.2) is 34.9 Å². The fourth-order valence-corrected chi connectivity index (χ4v) is 13.9. The van der Waals surface area contributed by atoms with Crippen LogP contribution in [0.1, 0.15) is 0 Å². The number of hydrogen-bond acceptors (Lipinski definition) is 9. The number of benzene rings is 13. The fourth-order valence-electron chi connectivity index (χ4n) is 13.9. The second kappa shape index (κ2) is 24.2. The molecule has 9 heteroatoms.